The Kier molecular flexibility index (Phi) is 18.2. The molecule has 0 saturated carbocycles. The number of carbonyl (C=O) groups is 7. The van der Waals surface area contributed by atoms with E-state index in [-0.39, 0.29) is 53.4 Å². The van der Waals surface area contributed by atoms with Gasteiger partial charge in [-0.25, -0.2) is 0 Å². The van der Waals surface area contributed by atoms with Gasteiger partial charge in [0, 0.05) is 69.4 Å². The Balaban J connectivity index is 1.41. The van der Waals surface area contributed by atoms with Crippen LogP contribution in [0.15, 0.2) is 24.3 Å². The van der Waals surface area contributed by atoms with E-state index in [0.29, 0.717) is 71.1 Å². The zero-order chi connectivity index (χ0) is 33.7. The molecule has 0 fully saturated rings. The minimum atomic E-state index is -0.310. The largest absolute Gasteiger partial charge is 0.356 e. The van der Waals surface area contributed by atoms with Crippen LogP contribution in [0.4, 0.5) is 0 Å². The summed E-state index contributed by atoms with van der Waals surface area (Å²) in [6, 6.07) is -0.300. The average molecular weight is 645 g/mol. The van der Waals surface area contributed by atoms with Gasteiger partial charge in [-0.3, -0.25) is 43.4 Å². The zero-order valence-corrected chi connectivity index (χ0v) is 27.4. The van der Waals surface area contributed by atoms with E-state index in [1.165, 1.54) is 34.1 Å². The minimum Gasteiger partial charge on any atom is -0.356 e. The predicted molar refractivity (Wildman–Crippen MR) is 173 cm³/mol. The molecule has 0 saturated heterocycles. The fourth-order valence-electron chi connectivity index (χ4n) is 5.27. The monoisotopic (exact) mass is 644 g/mol. The molecule has 0 aromatic heterocycles. The molecule has 2 heterocycles. The molecule has 0 bridgehead atoms. The van der Waals surface area contributed by atoms with Crippen molar-refractivity contribution in [3.63, 3.8) is 0 Å². The Morgan fingerprint density at radius 2 is 1.04 bits per heavy atom. The summed E-state index contributed by atoms with van der Waals surface area (Å²) in [5.74, 6) is -1.18. The van der Waals surface area contributed by atoms with Gasteiger partial charge in [-0.05, 0) is 78.2 Å². The fourth-order valence-corrected chi connectivity index (χ4v) is 5.27. The molecule has 0 aliphatic carbocycles. The highest BCUT2D eigenvalue weighted by Gasteiger charge is 2.23. The molecule has 0 aromatic rings. The van der Waals surface area contributed by atoms with Crippen LogP contribution in [0.2, 0.25) is 0 Å². The number of amides is 7. The summed E-state index contributed by atoms with van der Waals surface area (Å²) in [5, 5.41) is 12.0. The minimum absolute atomic E-state index is 0.00602. The maximum atomic E-state index is 12.7. The molecule has 13 heteroatoms. The molecule has 13 nitrogen and oxygen atoms in total. The smallest absolute Gasteiger partial charge is 0.253 e. The molecule has 46 heavy (non-hydrogen) atoms. The molecule has 2 aliphatic heterocycles. The molecule has 0 aromatic carbocycles. The van der Waals surface area contributed by atoms with Crippen LogP contribution in [-0.2, 0) is 33.6 Å². The number of hydrogen-bond donors (Lipinski definition) is 4. The summed E-state index contributed by atoms with van der Waals surface area (Å²) in [7, 11) is 1.76. The highest BCUT2D eigenvalue weighted by molar-refractivity contribution is 6.13. The van der Waals surface area contributed by atoms with Gasteiger partial charge in [-0.1, -0.05) is 12.8 Å². The highest BCUT2D eigenvalue weighted by Crippen LogP contribution is 2.10. The third-order valence-corrected chi connectivity index (χ3v) is 8.05. The third kappa shape index (κ3) is 14.9. The molecule has 2 aliphatic rings. The Morgan fingerprint density at radius 1 is 0.609 bits per heavy atom. The van der Waals surface area contributed by atoms with E-state index in [1.807, 2.05) is 6.92 Å². The molecule has 2 atom stereocenters. The summed E-state index contributed by atoms with van der Waals surface area (Å²) >= 11 is 0. The number of unbranched alkanes of at least 4 members (excludes halogenated alkanes) is 6. The van der Waals surface area contributed by atoms with Crippen LogP contribution in [-0.4, -0.2) is 96.5 Å². The van der Waals surface area contributed by atoms with Crippen molar-refractivity contribution in [3.05, 3.63) is 24.3 Å². The summed E-state index contributed by atoms with van der Waals surface area (Å²) < 4.78 is 0. The van der Waals surface area contributed by atoms with Gasteiger partial charge < -0.3 is 21.3 Å². The lowest BCUT2D eigenvalue weighted by atomic mass is 10.1. The maximum Gasteiger partial charge on any atom is 0.253 e. The van der Waals surface area contributed by atoms with Crippen molar-refractivity contribution in [3.8, 4) is 0 Å². The first-order valence-corrected chi connectivity index (χ1v) is 16.7. The fraction of sp³-hybridized carbons (Fsp3) is 0.667. The topological polar surface area (TPSA) is 174 Å². The number of likely N-dealkylation sites (N-methyl/N-ethyl adjacent to an activating group) is 1. The van der Waals surface area contributed by atoms with Crippen molar-refractivity contribution in [1.82, 2.24) is 31.1 Å². The predicted octanol–water partition coefficient (Wildman–Crippen LogP) is 1.62. The number of carbonyl (C=O) groups excluding carboxylic acids is 7. The number of nitrogens with zero attached hydrogens (tertiary/aromatic N) is 2. The summed E-state index contributed by atoms with van der Waals surface area (Å²) in [6.45, 7) is 3.87. The van der Waals surface area contributed by atoms with E-state index >= 15 is 0 Å². The second-order valence-corrected chi connectivity index (χ2v) is 11.9. The van der Waals surface area contributed by atoms with Gasteiger partial charge in [0.25, 0.3) is 23.6 Å². The summed E-state index contributed by atoms with van der Waals surface area (Å²) in [4.78, 5) is 85.3. The Labute approximate surface area is 272 Å². The molecule has 2 unspecified atom stereocenters. The molecule has 4 N–H and O–H groups in total. The van der Waals surface area contributed by atoms with Crippen LogP contribution in [0.5, 0.6) is 0 Å². The van der Waals surface area contributed by atoms with Gasteiger partial charge in [-0.2, -0.15) is 0 Å². The van der Waals surface area contributed by atoms with Gasteiger partial charge in [0.1, 0.15) is 0 Å². The van der Waals surface area contributed by atoms with Crippen molar-refractivity contribution in [2.75, 3.05) is 33.2 Å². The van der Waals surface area contributed by atoms with Gasteiger partial charge in [0.2, 0.25) is 17.7 Å². The summed E-state index contributed by atoms with van der Waals surface area (Å²) in [6.07, 6.45) is 14.9. The standard InChI is InChI=1S/C33H52N6O7/c1-25(13-7-9-21-35-27(40)15-5-3-11-23-38-29(42)17-18-30(38)43)37-33(46)26(34-2)14-8-10-22-36-28(41)16-6-4-12-24-39-31(44)19-20-32(39)45/h17-20,25-26,34H,3-16,21-24H2,1-2H3,(H,35,40)(H,36,41)(H,37,46). The van der Waals surface area contributed by atoms with Crippen LogP contribution < -0.4 is 21.3 Å². The Hall–Kier alpha value is -3.87. The van der Waals surface area contributed by atoms with E-state index in [2.05, 4.69) is 21.3 Å². The lowest BCUT2D eigenvalue weighted by Gasteiger charge is -2.20. The third-order valence-electron chi connectivity index (χ3n) is 8.05. The average Bonchev–Trinajstić information content (AvgIpc) is 3.52. The molecule has 2 rings (SSSR count). The Morgan fingerprint density at radius 3 is 1.48 bits per heavy atom. The van der Waals surface area contributed by atoms with Crippen molar-refractivity contribution in [2.45, 2.75) is 109 Å². The van der Waals surface area contributed by atoms with E-state index < -0.39 is 0 Å². The second-order valence-electron chi connectivity index (χ2n) is 11.9. The van der Waals surface area contributed by atoms with Gasteiger partial charge in [0.05, 0.1) is 6.04 Å². The number of imide groups is 2. The lowest BCUT2D eigenvalue weighted by molar-refractivity contribution is -0.138. The van der Waals surface area contributed by atoms with E-state index in [1.54, 1.807) is 7.05 Å². The van der Waals surface area contributed by atoms with Gasteiger partial charge >= 0.3 is 0 Å². The Bertz CT molecular complexity index is 1090. The summed E-state index contributed by atoms with van der Waals surface area (Å²) in [5.41, 5.74) is 0. The molecule has 256 valence electrons. The molecule has 7 amide bonds. The highest BCUT2D eigenvalue weighted by atomic mass is 16.2. The van der Waals surface area contributed by atoms with Crippen LogP contribution in [0.1, 0.15) is 96.8 Å². The van der Waals surface area contributed by atoms with Crippen LogP contribution in [0.3, 0.4) is 0 Å². The molecule has 0 radical (unpaired) electrons. The van der Waals surface area contributed by atoms with Crippen molar-refractivity contribution >= 4 is 41.4 Å². The maximum absolute atomic E-state index is 12.7. The first-order chi connectivity index (χ1) is 22.1. The zero-order valence-electron chi connectivity index (χ0n) is 27.4. The first kappa shape index (κ1) is 38.3. The van der Waals surface area contributed by atoms with E-state index in [4.69, 9.17) is 0 Å². The van der Waals surface area contributed by atoms with Crippen LogP contribution in [0, 0.1) is 0 Å². The number of rotatable bonds is 25. The van der Waals surface area contributed by atoms with Crippen molar-refractivity contribution in [2.24, 2.45) is 0 Å². The normalized spacial score (nSPS) is 15.5. The quantitative estimate of drug-likeness (QED) is 0.0857. The van der Waals surface area contributed by atoms with Crippen LogP contribution in [0.25, 0.3) is 0 Å². The molecule has 0 spiro atoms. The molecular weight excluding hydrogens is 592 g/mol. The van der Waals surface area contributed by atoms with E-state index in [9.17, 15) is 33.6 Å². The van der Waals surface area contributed by atoms with E-state index in [0.717, 1.165) is 44.9 Å². The van der Waals surface area contributed by atoms with Crippen molar-refractivity contribution < 1.29 is 33.6 Å². The van der Waals surface area contributed by atoms with Gasteiger partial charge in [-0.15, -0.1) is 0 Å². The van der Waals surface area contributed by atoms with Crippen molar-refractivity contribution in [1.29, 1.82) is 0 Å². The van der Waals surface area contributed by atoms with Crippen LogP contribution >= 0.6 is 0 Å². The SMILES string of the molecule is CNC(CCCCNC(=O)CCCCCN1C(=O)C=CC1=O)C(=O)NC(C)CCCCNC(=O)CCCCCN1C(=O)C=CC1=O. The van der Waals surface area contributed by atoms with Gasteiger partial charge in [0.15, 0.2) is 0 Å². The molecular formula is C33H52N6O7. The first-order valence-electron chi connectivity index (χ1n) is 16.7. The number of nitrogens with one attached hydrogen (secondary N) is 4. The second kappa shape index (κ2) is 21.8. The number of hydrogen-bond acceptors (Lipinski definition) is 8. The lowest BCUT2D eigenvalue weighted by Crippen LogP contribution is -2.46.